The van der Waals surface area contributed by atoms with Crippen molar-refractivity contribution in [1.82, 2.24) is 10.6 Å². The number of ether oxygens (including phenoxy) is 1. The van der Waals surface area contributed by atoms with Crippen molar-refractivity contribution in [2.45, 2.75) is 0 Å². The molecule has 1 aliphatic rings. The van der Waals surface area contributed by atoms with Gasteiger partial charge in [-0.15, -0.1) is 0 Å². The van der Waals surface area contributed by atoms with E-state index in [0.717, 1.165) is 13.1 Å². The van der Waals surface area contributed by atoms with Gasteiger partial charge in [0.05, 0.1) is 12.0 Å². The van der Waals surface area contributed by atoms with E-state index < -0.39 is 4.92 Å². The third kappa shape index (κ3) is 3.00. The Hall–Kier alpha value is -2.15. The maximum atomic E-state index is 11.9. The smallest absolute Gasteiger partial charge is 0.311 e. The van der Waals surface area contributed by atoms with E-state index >= 15 is 0 Å². The van der Waals surface area contributed by atoms with E-state index in [4.69, 9.17) is 4.74 Å². The highest BCUT2D eigenvalue weighted by Crippen LogP contribution is 2.27. The van der Waals surface area contributed by atoms with E-state index in [9.17, 15) is 14.9 Å². The summed E-state index contributed by atoms with van der Waals surface area (Å²) in [7, 11) is 1.35. The highest BCUT2D eigenvalue weighted by Gasteiger charge is 2.20. The molecule has 0 unspecified atom stereocenters. The summed E-state index contributed by atoms with van der Waals surface area (Å²) in [5.74, 6) is 0.277. The summed E-state index contributed by atoms with van der Waals surface area (Å²) in [5.41, 5.74) is 0.0558. The zero-order valence-corrected chi connectivity index (χ0v) is 10.5. The fraction of sp³-hybridized carbons (Fsp3) is 0.417. The summed E-state index contributed by atoms with van der Waals surface area (Å²) in [6.07, 6.45) is 0. The Morgan fingerprint density at radius 3 is 2.84 bits per heavy atom. The van der Waals surface area contributed by atoms with Crippen LogP contribution in [0.5, 0.6) is 5.75 Å². The van der Waals surface area contributed by atoms with E-state index in [2.05, 4.69) is 10.6 Å². The normalized spacial score (nSPS) is 14.6. The molecular formula is C12H15N3O4. The van der Waals surface area contributed by atoms with E-state index in [0.29, 0.717) is 12.5 Å². The first-order valence-corrected chi connectivity index (χ1v) is 5.93. The Bertz CT molecular complexity index is 500. The number of hydrogen-bond acceptors (Lipinski definition) is 5. The van der Waals surface area contributed by atoms with E-state index in [1.54, 1.807) is 0 Å². The molecule has 1 aliphatic heterocycles. The minimum atomic E-state index is -0.564. The van der Waals surface area contributed by atoms with Gasteiger partial charge < -0.3 is 15.4 Å². The Morgan fingerprint density at radius 1 is 1.58 bits per heavy atom. The maximum absolute atomic E-state index is 11.9. The van der Waals surface area contributed by atoms with Gasteiger partial charge in [-0.1, -0.05) is 0 Å². The molecule has 1 amide bonds. The number of nitrogens with zero attached hydrogens (tertiary/aromatic N) is 1. The van der Waals surface area contributed by atoms with Crippen LogP contribution in [0.15, 0.2) is 18.2 Å². The minimum absolute atomic E-state index is 0.143. The van der Waals surface area contributed by atoms with Crippen LogP contribution in [0.1, 0.15) is 10.4 Å². The van der Waals surface area contributed by atoms with Crippen molar-refractivity contribution in [2.24, 2.45) is 5.92 Å². The molecular weight excluding hydrogens is 250 g/mol. The zero-order chi connectivity index (χ0) is 13.8. The van der Waals surface area contributed by atoms with Gasteiger partial charge in [-0.05, 0) is 12.1 Å². The molecule has 1 saturated heterocycles. The third-order valence-corrected chi connectivity index (χ3v) is 3.06. The van der Waals surface area contributed by atoms with Gasteiger partial charge in [0, 0.05) is 37.2 Å². The lowest BCUT2D eigenvalue weighted by molar-refractivity contribution is -0.385. The van der Waals surface area contributed by atoms with Crippen LogP contribution >= 0.6 is 0 Å². The molecule has 7 heteroatoms. The fourth-order valence-corrected chi connectivity index (χ4v) is 1.81. The number of carbonyl (C=O) groups is 1. The number of nitrogens with one attached hydrogen (secondary N) is 2. The summed E-state index contributed by atoms with van der Waals surface area (Å²) in [5, 5.41) is 16.7. The van der Waals surface area contributed by atoms with Gasteiger partial charge in [-0.25, -0.2) is 0 Å². The van der Waals surface area contributed by atoms with Crippen molar-refractivity contribution in [3.63, 3.8) is 0 Å². The molecule has 1 heterocycles. The molecule has 0 bridgehead atoms. The SMILES string of the molecule is COc1ccc(C(=O)NCC2CNC2)cc1[N+](=O)[O-]. The highest BCUT2D eigenvalue weighted by molar-refractivity contribution is 5.95. The second-order valence-corrected chi connectivity index (χ2v) is 4.38. The summed E-state index contributed by atoms with van der Waals surface area (Å²) >= 11 is 0. The van der Waals surface area contributed by atoms with Gasteiger partial charge in [0.1, 0.15) is 0 Å². The van der Waals surface area contributed by atoms with E-state index in [1.165, 1.54) is 25.3 Å². The van der Waals surface area contributed by atoms with Crippen LogP contribution < -0.4 is 15.4 Å². The van der Waals surface area contributed by atoms with Crippen LogP contribution in [0, 0.1) is 16.0 Å². The van der Waals surface area contributed by atoms with E-state index in [1.807, 2.05) is 0 Å². The molecule has 0 spiro atoms. The lowest BCUT2D eigenvalue weighted by Gasteiger charge is -2.27. The molecule has 19 heavy (non-hydrogen) atoms. The summed E-state index contributed by atoms with van der Waals surface area (Å²) in [6, 6.07) is 4.17. The number of nitro groups is 1. The third-order valence-electron chi connectivity index (χ3n) is 3.06. The number of rotatable bonds is 5. The summed E-state index contributed by atoms with van der Waals surface area (Å²) < 4.78 is 4.88. The molecule has 7 nitrogen and oxygen atoms in total. The van der Waals surface area contributed by atoms with Gasteiger partial charge in [-0.3, -0.25) is 14.9 Å². The largest absolute Gasteiger partial charge is 0.490 e. The van der Waals surface area contributed by atoms with Crippen LogP contribution in [0.25, 0.3) is 0 Å². The Labute approximate surface area is 110 Å². The topological polar surface area (TPSA) is 93.5 Å². The monoisotopic (exact) mass is 265 g/mol. The van der Waals surface area contributed by atoms with Gasteiger partial charge in [0.25, 0.3) is 5.91 Å². The number of methoxy groups -OCH3 is 1. The Kier molecular flexibility index (Phi) is 3.96. The van der Waals surface area contributed by atoms with Crippen LogP contribution in [0.2, 0.25) is 0 Å². The van der Waals surface area contributed by atoms with Crippen LogP contribution in [0.3, 0.4) is 0 Å². The first-order chi connectivity index (χ1) is 9.11. The van der Waals surface area contributed by atoms with Crippen molar-refractivity contribution in [3.8, 4) is 5.75 Å². The predicted molar refractivity (Wildman–Crippen MR) is 68.3 cm³/mol. The molecule has 1 aromatic rings. The second-order valence-electron chi connectivity index (χ2n) is 4.38. The zero-order valence-electron chi connectivity index (χ0n) is 10.5. The molecule has 0 aliphatic carbocycles. The van der Waals surface area contributed by atoms with Crippen molar-refractivity contribution >= 4 is 11.6 Å². The summed E-state index contributed by atoms with van der Waals surface area (Å²) in [4.78, 5) is 22.2. The van der Waals surface area contributed by atoms with Crippen molar-refractivity contribution in [1.29, 1.82) is 0 Å². The first kappa shape index (κ1) is 13.3. The first-order valence-electron chi connectivity index (χ1n) is 5.93. The Morgan fingerprint density at radius 2 is 2.32 bits per heavy atom. The maximum Gasteiger partial charge on any atom is 0.311 e. The lowest BCUT2D eigenvalue weighted by atomic mass is 10.0. The molecule has 0 atom stereocenters. The molecule has 2 rings (SSSR count). The summed E-state index contributed by atoms with van der Waals surface area (Å²) in [6.45, 7) is 2.36. The molecule has 2 N–H and O–H groups in total. The van der Waals surface area contributed by atoms with Crippen LogP contribution in [0.4, 0.5) is 5.69 Å². The molecule has 0 aromatic heterocycles. The molecule has 1 aromatic carbocycles. The van der Waals surface area contributed by atoms with Crippen molar-refractivity contribution < 1.29 is 14.5 Å². The van der Waals surface area contributed by atoms with Gasteiger partial charge in [0.2, 0.25) is 0 Å². The van der Waals surface area contributed by atoms with Crippen LogP contribution in [-0.4, -0.2) is 37.6 Å². The number of nitro benzene ring substituents is 1. The number of hydrogen-bond donors (Lipinski definition) is 2. The van der Waals surface area contributed by atoms with Crippen molar-refractivity contribution in [2.75, 3.05) is 26.7 Å². The highest BCUT2D eigenvalue weighted by atomic mass is 16.6. The predicted octanol–water partition coefficient (Wildman–Crippen LogP) is 0.553. The molecule has 1 fully saturated rings. The quantitative estimate of drug-likeness (QED) is 0.599. The average Bonchev–Trinajstić information content (AvgIpc) is 2.35. The van der Waals surface area contributed by atoms with Gasteiger partial charge in [0.15, 0.2) is 5.75 Å². The van der Waals surface area contributed by atoms with Gasteiger partial charge >= 0.3 is 5.69 Å². The lowest BCUT2D eigenvalue weighted by Crippen LogP contribution is -2.48. The second kappa shape index (κ2) is 5.66. The molecule has 102 valence electrons. The fourth-order valence-electron chi connectivity index (χ4n) is 1.81. The van der Waals surface area contributed by atoms with Gasteiger partial charge in [-0.2, -0.15) is 0 Å². The minimum Gasteiger partial charge on any atom is -0.490 e. The van der Waals surface area contributed by atoms with Crippen molar-refractivity contribution in [3.05, 3.63) is 33.9 Å². The number of benzene rings is 1. The van der Waals surface area contributed by atoms with Crippen LogP contribution in [-0.2, 0) is 0 Å². The molecule has 0 saturated carbocycles. The number of carbonyl (C=O) groups excluding carboxylic acids is 1. The number of amides is 1. The van der Waals surface area contributed by atoms with E-state index in [-0.39, 0.29) is 22.9 Å². The Balaban J connectivity index is 2.08. The average molecular weight is 265 g/mol. The standard InChI is InChI=1S/C12H15N3O4/c1-19-11-3-2-9(4-10(11)15(17)18)12(16)14-7-8-5-13-6-8/h2-4,8,13H,5-7H2,1H3,(H,14,16). The molecule has 0 radical (unpaired) electrons.